The molecule has 2 rings (SSSR count). The zero-order valence-corrected chi connectivity index (χ0v) is 15.9. The SMILES string of the molecule is CCNC(=O)NC(=O)COC(=O)c1cccc(S(=O)(=O)N2CCCCC2)c1. The lowest BCUT2D eigenvalue weighted by Gasteiger charge is -2.25. The highest BCUT2D eigenvalue weighted by Gasteiger charge is 2.26. The lowest BCUT2D eigenvalue weighted by atomic mass is 10.2. The number of esters is 1. The average molecular weight is 397 g/mol. The van der Waals surface area contributed by atoms with E-state index in [0.717, 1.165) is 19.3 Å². The normalized spacial score (nSPS) is 15.0. The number of hydrogen-bond donors (Lipinski definition) is 2. The first-order chi connectivity index (χ1) is 12.8. The Balaban J connectivity index is 2.00. The molecule has 0 radical (unpaired) electrons. The Bertz CT molecular complexity index is 803. The highest BCUT2D eigenvalue weighted by molar-refractivity contribution is 7.89. The van der Waals surface area contributed by atoms with Gasteiger partial charge in [0.05, 0.1) is 10.5 Å². The predicted molar refractivity (Wildman–Crippen MR) is 96.5 cm³/mol. The zero-order valence-electron chi connectivity index (χ0n) is 15.1. The molecule has 27 heavy (non-hydrogen) atoms. The van der Waals surface area contributed by atoms with Crippen molar-refractivity contribution in [1.82, 2.24) is 14.9 Å². The molecular weight excluding hydrogens is 374 g/mol. The van der Waals surface area contributed by atoms with E-state index in [1.54, 1.807) is 6.92 Å². The van der Waals surface area contributed by atoms with E-state index >= 15 is 0 Å². The molecule has 148 valence electrons. The number of urea groups is 1. The summed E-state index contributed by atoms with van der Waals surface area (Å²) in [7, 11) is -3.68. The van der Waals surface area contributed by atoms with Crippen molar-refractivity contribution in [1.29, 1.82) is 0 Å². The summed E-state index contributed by atoms with van der Waals surface area (Å²) in [6, 6.07) is 4.81. The number of nitrogens with zero attached hydrogens (tertiary/aromatic N) is 1. The number of ether oxygens (including phenoxy) is 1. The van der Waals surface area contributed by atoms with Crippen LogP contribution in [0, 0.1) is 0 Å². The van der Waals surface area contributed by atoms with Crippen LogP contribution in [-0.4, -0.2) is 56.9 Å². The average Bonchev–Trinajstić information content (AvgIpc) is 2.67. The molecule has 0 spiro atoms. The molecule has 1 aromatic rings. The van der Waals surface area contributed by atoms with Crippen LogP contribution in [0.5, 0.6) is 0 Å². The predicted octanol–water partition coefficient (Wildman–Crippen LogP) is 0.864. The smallest absolute Gasteiger partial charge is 0.338 e. The third-order valence-electron chi connectivity index (χ3n) is 3.95. The summed E-state index contributed by atoms with van der Waals surface area (Å²) in [5, 5.41) is 4.37. The third kappa shape index (κ3) is 5.76. The molecule has 1 heterocycles. The number of carbonyl (C=O) groups is 3. The van der Waals surface area contributed by atoms with Crippen molar-refractivity contribution < 1.29 is 27.5 Å². The molecule has 0 aliphatic carbocycles. The maximum Gasteiger partial charge on any atom is 0.338 e. The molecule has 1 aliphatic heterocycles. The van der Waals surface area contributed by atoms with Gasteiger partial charge in [-0.1, -0.05) is 12.5 Å². The van der Waals surface area contributed by atoms with Crippen LogP contribution in [0.2, 0.25) is 0 Å². The van der Waals surface area contributed by atoms with E-state index in [4.69, 9.17) is 4.74 Å². The Morgan fingerprint density at radius 3 is 2.52 bits per heavy atom. The molecule has 10 heteroatoms. The Labute approximate surface area is 158 Å². The fraction of sp³-hybridized carbons (Fsp3) is 0.471. The van der Waals surface area contributed by atoms with Crippen LogP contribution >= 0.6 is 0 Å². The molecule has 0 bridgehead atoms. The third-order valence-corrected chi connectivity index (χ3v) is 5.84. The van der Waals surface area contributed by atoms with Crippen LogP contribution < -0.4 is 10.6 Å². The van der Waals surface area contributed by atoms with Gasteiger partial charge in [0.15, 0.2) is 6.61 Å². The van der Waals surface area contributed by atoms with Gasteiger partial charge in [-0.2, -0.15) is 4.31 Å². The Morgan fingerprint density at radius 1 is 1.15 bits per heavy atom. The molecule has 0 saturated carbocycles. The van der Waals surface area contributed by atoms with E-state index in [0.29, 0.717) is 19.6 Å². The minimum atomic E-state index is -3.68. The van der Waals surface area contributed by atoms with E-state index in [1.807, 2.05) is 5.32 Å². The van der Waals surface area contributed by atoms with Crippen molar-refractivity contribution in [3.05, 3.63) is 29.8 Å². The largest absolute Gasteiger partial charge is 0.452 e. The fourth-order valence-electron chi connectivity index (χ4n) is 2.62. The lowest BCUT2D eigenvalue weighted by Crippen LogP contribution is -2.41. The summed E-state index contributed by atoms with van der Waals surface area (Å²) >= 11 is 0. The molecule has 0 aromatic heterocycles. The molecule has 0 unspecified atom stereocenters. The van der Waals surface area contributed by atoms with Gasteiger partial charge in [-0.05, 0) is 38.0 Å². The standard InChI is InChI=1S/C17H23N3O6S/c1-2-18-17(23)19-15(21)12-26-16(22)13-7-6-8-14(11-13)27(24,25)20-9-4-3-5-10-20/h6-8,11H,2-5,9-10,12H2,1H3,(H2,18,19,21,23). The highest BCUT2D eigenvalue weighted by atomic mass is 32.2. The maximum atomic E-state index is 12.7. The monoisotopic (exact) mass is 397 g/mol. The first-order valence-electron chi connectivity index (χ1n) is 8.69. The number of sulfonamides is 1. The summed E-state index contributed by atoms with van der Waals surface area (Å²) in [6.07, 6.45) is 2.61. The number of piperidine rings is 1. The van der Waals surface area contributed by atoms with Crippen LogP contribution in [0.15, 0.2) is 29.2 Å². The zero-order chi connectivity index (χ0) is 19.9. The molecular formula is C17H23N3O6S. The van der Waals surface area contributed by atoms with Gasteiger partial charge >= 0.3 is 12.0 Å². The maximum absolute atomic E-state index is 12.7. The summed E-state index contributed by atoms with van der Waals surface area (Å²) < 4.78 is 31.6. The number of amides is 3. The second kappa shape index (κ2) is 9.47. The number of imide groups is 1. The van der Waals surface area contributed by atoms with Crippen LogP contribution in [-0.2, 0) is 19.6 Å². The molecule has 2 N–H and O–H groups in total. The summed E-state index contributed by atoms with van der Waals surface area (Å²) in [5.41, 5.74) is 0.0129. The van der Waals surface area contributed by atoms with Gasteiger partial charge < -0.3 is 10.1 Å². The fourth-order valence-corrected chi connectivity index (χ4v) is 4.18. The van der Waals surface area contributed by atoms with Crippen molar-refractivity contribution in [3.8, 4) is 0 Å². The van der Waals surface area contributed by atoms with E-state index in [9.17, 15) is 22.8 Å². The van der Waals surface area contributed by atoms with Gasteiger partial charge in [0, 0.05) is 19.6 Å². The van der Waals surface area contributed by atoms with Gasteiger partial charge in [0.25, 0.3) is 5.91 Å². The first kappa shape index (κ1) is 20.8. The Morgan fingerprint density at radius 2 is 1.85 bits per heavy atom. The minimum Gasteiger partial charge on any atom is -0.452 e. The van der Waals surface area contributed by atoms with Crippen LogP contribution in [0.4, 0.5) is 4.79 Å². The van der Waals surface area contributed by atoms with Crippen LogP contribution in [0.3, 0.4) is 0 Å². The van der Waals surface area contributed by atoms with Gasteiger partial charge in [0.2, 0.25) is 10.0 Å². The van der Waals surface area contributed by atoms with Crippen molar-refractivity contribution in [2.24, 2.45) is 0 Å². The van der Waals surface area contributed by atoms with Gasteiger partial charge in [-0.25, -0.2) is 18.0 Å². The van der Waals surface area contributed by atoms with E-state index in [2.05, 4.69) is 5.32 Å². The van der Waals surface area contributed by atoms with Gasteiger partial charge in [-0.3, -0.25) is 10.1 Å². The molecule has 1 fully saturated rings. The van der Waals surface area contributed by atoms with Gasteiger partial charge in [0.1, 0.15) is 0 Å². The minimum absolute atomic E-state index is 0.00521. The number of rotatable bonds is 6. The van der Waals surface area contributed by atoms with Crippen LogP contribution in [0.1, 0.15) is 36.5 Å². The molecule has 0 atom stereocenters. The van der Waals surface area contributed by atoms with E-state index < -0.39 is 34.5 Å². The summed E-state index contributed by atoms with van der Waals surface area (Å²) in [4.78, 5) is 34.9. The number of nitrogens with one attached hydrogen (secondary N) is 2. The van der Waals surface area contributed by atoms with E-state index in [-0.39, 0.29) is 10.5 Å². The second-order valence-corrected chi connectivity index (χ2v) is 7.91. The Kier molecular flexibility index (Phi) is 7.31. The first-order valence-corrected chi connectivity index (χ1v) is 10.1. The van der Waals surface area contributed by atoms with Crippen molar-refractivity contribution in [2.75, 3.05) is 26.2 Å². The summed E-state index contributed by atoms with van der Waals surface area (Å²) in [6.45, 7) is 2.29. The quantitative estimate of drug-likeness (QED) is 0.687. The number of hydrogen-bond acceptors (Lipinski definition) is 6. The summed E-state index contributed by atoms with van der Waals surface area (Å²) in [5.74, 6) is -1.64. The van der Waals surface area contributed by atoms with Crippen molar-refractivity contribution in [3.63, 3.8) is 0 Å². The molecule has 1 saturated heterocycles. The Hall–Kier alpha value is -2.46. The lowest BCUT2D eigenvalue weighted by molar-refractivity contribution is -0.123. The highest BCUT2D eigenvalue weighted by Crippen LogP contribution is 2.21. The number of carbonyl (C=O) groups excluding carboxylic acids is 3. The second-order valence-electron chi connectivity index (χ2n) is 5.98. The molecule has 3 amide bonds. The van der Waals surface area contributed by atoms with E-state index in [1.165, 1.54) is 28.6 Å². The van der Waals surface area contributed by atoms with Crippen molar-refractivity contribution >= 4 is 27.9 Å². The topological polar surface area (TPSA) is 122 Å². The van der Waals surface area contributed by atoms with Crippen molar-refractivity contribution in [2.45, 2.75) is 31.1 Å². The number of benzene rings is 1. The molecule has 1 aromatic carbocycles. The molecule has 1 aliphatic rings. The van der Waals surface area contributed by atoms with Gasteiger partial charge in [-0.15, -0.1) is 0 Å². The molecule has 9 nitrogen and oxygen atoms in total. The van der Waals surface area contributed by atoms with Crippen LogP contribution in [0.25, 0.3) is 0 Å².